The molecule has 2 heterocycles. The summed E-state index contributed by atoms with van der Waals surface area (Å²) in [4.78, 5) is 15.1. The first-order chi connectivity index (χ1) is 13.6. The van der Waals surface area contributed by atoms with Crippen LogP contribution in [0.25, 0.3) is 5.69 Å². The first kappa shape index (κ1) is 18.7. The van der Waals surface area contributed by atoms with Crippen LogP contribution in [0.3, 0.4) is 0 Å². The van der Waals surface area contributed by atoms with Crippen molar-refractivity contribution in [3.8, 4) is 5.69 Å². The van der Waals surface area contributed by atoms with E-state index in [1.807, 2.05) is 46.7 Å². The zero-order valence-electron chi connectivity index (χ0n) is 16.4. The minimum absolute atomic E-state index is 0.113. The Balaban J connectivity index is 1.57. The number of nitrogens with zero attached hydrogens (tertiary/aromatic N) is 4. The molecule has 4 rings (SSSR count). The van der Waals surface area contributed by atoms with Crippen molar-refractivity contribution < 1.29 is 4.79 Å². The number of amides is 1. The summed E-state index contributed by atoms with van der Waals surface area (Å²) in [5.74, 6) is 1.27. The predicted octanol–water partition coefficient (Wildman–Crippen LogP) is 4.34. The quantitative estimate of drug-likeness (QED) is 0.620. The minimum atomic E-state index is 0.113. The predicted molar refractivity (Wildman–Crippen MR) is 113 cm³/mol. The van der Waals surface area contributed by atoms with Gasteiger partial charge in [-0.15, -0.1) is 10.2 Å². The van der Waals surface area contributed by atoms with Crippen LogP contribution >= 0.6 is 11.8 Å². The van der Waals surface area contributed by atoms with Gasteiger partial charge in [-0.05, 0) is 56.9 Å². The van der Waals surface area contributed by atoms with Crippen LogP contribution in [-0.4, -0.2) is 32.5 Å². The second-order valence-corrected chi connectivity index (χ2v) is 8.16. The third kappa shape index (κ3) is 3.44. The zero-order valence-corrected chi connectivity index (χ0v) is 17.2. The molecule has 144 valence electrons. The standard InChI is InChI=1S/C22H24N4OS/c1-15-8-4-6-10-19(15)26-17(3)23-24-22(26)28-14-21(27)25-16(2)12-13-18-9-5-7-11-20(18)25/h4-11,16H,12-14H2,1-3H3. The number of carbonyl (C=O) groups excluding carboxylic acids is 1. The molecule has 0 fully saturated rings. The molecule has 1 aliphatic rings. The molecule has 3 aromatic rings. The molecule has 0 saturated heterocycles. The number of rotatable bonds is 4. The van der Waals surface area contributed by atoms with E-state index in [4.69, 9.17) is 0 Å². The smallest absolute Gasteiger partial charge is 0.237 e. The van der Waals surface area contributed by atoms with Gasteiger partial charge in [-0.3, -0.25) is 9.36 Å². The molecule has 2 aromatic carbocycles. The van der Waals surface area contributed by atoms with Crippen LogP contribution in [0.4, 0.5) is 5.69 Å². The summed E-state index contributed by atoms with van der Waals surface area (Å²) in [6, 6.07) is 16.6. The second kappa shape index (κ2) is 7.80. The van der Waals surface area contributed by atoms with Crippen molar-refractivity contribution in [2.24, 2.45) is 0 Å². The number of carbonyl (C=O) groups is 1. The third-order valence-electron chi connectivity index (χ3n) is 5.27. The van der Waals surface area contributed by atoms with E-state index in [0.717, 1.165) is 40.8 Å². The Hall–Kier alpha value is -2.60. The Labute approximate surface area is 169 Å². The average molecular weight is 393 g/mol. The Bertz CT molecular complexity index is 1010. The highest BCUT2D eigenvalue weighted by molar-refractivity contribution is 7.99. The van der Waals surface area contributed by atoms with E-state index in [0.29, 0.717) is 5.75 Å². The number of thioether (sulfide) groups is 1. The van der Waals surface area contributed by atoms with Crippen LogP contribution in [-0.2, 0) is 11.2 Å². The Morgan fingerprint density at radius 2 is 1.79 bits per heavy atom. The number of benzene rings is 2. The summed E-state index contributed by atoms with van der Waals surface area (Å²) >= 11 is 1.45. The van der Waals surface area contributed by atoms with Gasteiger partial charge in [0.2, 0.25) is 5.91 Å². The van der Waals surface area contributed by atoms with Crippen molar-refractivity contribution in [3.63, 3.8) is 0 Å². The minimum Gasteiger partial charge on any atom is -0.309 e. The van der Waals surface area contributed by atoms with E-state index in [1.54, 1.807) is 0 Å². The van der Waals surface area contributed by atoms with E-state index in [9.17, 15) is 4.79 Å². The van der Waals surface area contributed by atoms with Gasteiger partial charge >= 0.3 is 0 Å². The van der Waals surface area contributed by atoms with Crippen molar-refractivity contribution in [1.29, 1.82) is 0 Å². The molecular weight excluding hydrogens is 368 g/mol. The summed E-state index contributed by atoms with van der Waals surface area (Å²) in [5, 5.41) is 9.31. The molecule has 0 spiro atoms. The molecule has 0 bridgehead atoms. The Morgan fingerprint density at radius 1 is 1.07 bits per heavy atom. The molecule has 0 radical (unpaired) electrons. The van der Waals surface area contributed by atoms with Crippen molar-refractivity contribution >= 4 is 23.4 Å². The summed E-state index contributed by atoms with van der Waals surface area (Å²) in [5.41, 5.74) is 4.50. The third-order valence-corrected chi connectivity index (χ3v) is 6.18. The molecule has 0 N–H and O–H groups in total. The number of hydrogen-bond donors (Lipinski definition) is 0. The van der Waals surface area contributed by atoms with E-state index < -0.39 is 0 Å². The van der Waals surface area contributed by atoms with Gasteiger partial charge in [0.25, 0.3) is 0 Å². The lowest BCUT2D eigenvalue weighted by Gasteiger charge is -2.35. The van der Waals surface area contributed by atoms with Crippen LogP contribution in [0.1, 0.15) is 30.3 Å². The molecule has 1 aromatic heterocycles. The van der Waals surface area contributed by atoms with Crippen molar-refractivity contribution in [2.75, 3.05) is 10.7 Å². The fraction of sp³-hybridized carbons (Fsp3) is 0.318. The highest BCUT2D eigenvalue weighted by atomic mass is 32.2. The molecule has 0 aliphatic carbocycles. The topological polar surface area (TPSA) is 51.0 Å². The first-order valence-electron chi connectivity index (χ1n) is 9.57. The molecule has 28 heavy (non-hydrogen) atoms. The summed E-state index contributed by atoms with van der Waals surface area (Å²) in [7, 11) is 0. The van der Waals surface area contributed by atoms with Gasteiger partial charge in [-0.2, -0.15) is 0 Å². The lowest BCUT2D eigenvalue weighted by Crippen LogP contribution is -2.43. The zero-order chi connectivity index (χ0) is 19.7. The van der Waals surface area contributed by atoms with Crippen LogP contribution in [0.2, 0.25) is 0 Å². The molecule has 0 saturated carbocycles. The number of aryl methyl sites for hydroxylation is 3. The number of fused-ring (bicyclic) bond motifs is 1. The van der Waals surface area contributed by atoms with Crippen molar-refractivity contribution in [3.05, 3.63) is 65.5 Å². The Morgan fingerprint density at radius 3 is 2.57 bits per heavy atom. The maximum Gasteiger partial charge on any atom is 0.237 e. The number of aromatic nitrogens is 3. The number of hydrogen-bond acceptors (Lipinski definition) is 4. The van der Waals surface area contributed by atoms with Crippen LogP contribution in [0.15, 0.2) is 53.7 Å². The van der Waals surface area contributed by atoms with E-state index >= 15 is 0 Å². The monoisotopic (exact) mass is 392 g/mol. The number of anilines is 1. The van der Waals surface area contributed by atoms with Crippen LogP contribution in [0, 0.1) is 13.8 Å². The molecule has 1 unspecified atom stereocenters. The average Bonchev–Trinajstić information content (AvgIpc) is 3.06. The van der Waals surface area contributed by atoms with Gasteiger partial charge in [0.15, 0.2) is 5.16 Å². The second-order valence-electron chi connectivity index (χ2n) is 7.22. The summed E-state index contributed by atoms with van der Waals surface area (Å²) in [6.07, 6.45) is 2.01. The summed E-state index contributed by atoms with van der Waals surface area (Å²) < 4.78 is 2.03. The van der Waals surface area contributed by atoms with E-state index in [2.05, 4.69) is 42.2 Å². The molecular formula is C22H24N4OS. The fourth-order valence-electron chi connectivity index (χ4n) is 3.79. The molecule has 5 nitrogen and oxygen atoms in total. The van der Waals surface area contributed by atoms with Gasteiger partial charge in [-0.1, -0.05) is 48.2 Å². The molecule has 1 atom stereocenters. The lowest BCUT2D eigenvalue weighted by atomic mass is 9.97. The normalized spacial score (nSPS) is 16.1. The lowest BCUT2D eigenvalue weighted by molar-refractivity contribution is -0.116. The van der Waals surface area contributed by atoms with E-state index in [-0.39, 0.29) is 11.9 Å². The van der Waals surface area contributed by atoms with Crippen LogP contribution < -0.4 is 4.90 Å². The van der Waals surface area contributed by atoms with Gasteiger partial charge in [0, 0.05) is 11.7 Å². The van der Waals surface area contributed by atoms with Crippen molar-refractivity contribution in [2.45, 2.75) is 44.8 Å². The highest BCUT2D eigenvalue weighted by Gasteiger charge is 2.28. The van der Waals surface area contributed by atoms with Gasteiger partial charge in [0.05, 0.1) is 11.4 Å². The highest BCUT2D eigenvalue weighted by Crippen LogP contribution is 2.32. The number of para-hydroxylation sites is 2. The van der Waals surface area contributed by atoms with Gasteiger partial charge in [-0.25, -0.2) is 0 Å². The fourth-order valence-corrected chi connectivity index (χ4v) is 4.64. The van der Waals surface area contributed by atoms with Gasteiger partial charge < -0.3 is 4.90 Å². The first-order valence-corrected chi connectivity index (χ1v) is 10.6. The largest absolute Gasteiger partial charge is 0.309 e. The van der Waals surface area contributed by atoms with Crippen LogP contribution in [0.5, 0.6) is 0 Å². The molecule has 6 heteroatoms. The summed E-state index contributed by atoms with van der Waals surface area (Å²) in [6.45, 7) is 6.13. The SMILES string of the molecule is Cc1ccccc1-n1c(C)nnc1SCC(=O)N1c2ccccc2CCC1C. The van der Waals surface area contributed by atoms with Crippen molar-refractivity contribution in [1.82, 2.24) is 14.8 Å². The maximum atomic E-state index is 13.1. The van der Waals surface area contributed by atoms with Gasteiger partial charge in [0.1, 0.15) is 5.82 Å². The Kier molecular flexibility index (Phi) is 5.22. The molecule has 1 aliphatic heterocycles. The molecule has 1 amide bonds. The van der Waals surface area contributed by atoms with E-state index in [1.165, 1.54) is 17.3 Å². The maximum absolute atomic E-state index is 13.1.